The van der Waals surface area contributed by atoms with Crippen LogP contribution in [0.3, 0.4) is 0 Å². The first kappa shape index (κ1) is 16.1. The summed E-state index contributed by atoms with van der Waals surface area (Å²) in [4.78, 5) is 15.5. The Labute approximate surface area is 129 Å². The second kappa shape index (κ2) is 8.91. The number of carbonyl (C=O) groups excluding carboxylic acids is 1. The number of benzene rings is 1. The van der Waals surface area contributed by atoms with Crippen LogP contribution in [0.4, 0.5) is 0 Å². The molecule has 7 heteroatoms. The Morgan fingerprint density at radius 2 is 2.05 bits per heavy atom. The van der Waals surface area contributed by atoms with Crippen LogP contribution in [-0.2, 0) is 22.6 Å². The van der Waals surface area contributed by atoms with Gasteiger partial charge in [-0.05, 0) is 11.1 Å². The van der Waals surface area contributed by atoms with Crippen molar-refractivity contribution in [3.63, 3.8) is 0 Å². The molecule has 0 saturated carbocycles. The zero-order chi connectivity index (χ0) is 15.6. The highest BCUT2D eigenvalue weighted by molar-refractivity contribution is 5.77. The Kier molecular flexibility index (Phi) is 6.53. The van der Waals surface area contributed by atoms with Crippen molar-refractivity contribution in [2.75, 3.05) is 26.8 Å². The fourth-order valence-electron chi connectivity index (χ4n) is 1.90. The normalized spacial score (nSPS) is 10.6. The minimum absolute atomic E-state index is 0.0252. The molecule has 2 aromatic rings. The molecule has 0 aliphatic carbocycles. The Balaban J connectivity index is 1.71. The number of nitrogens with zero attached hydrogens (tertiary/aromatic N) is 3. The molecule has 1 aromatic carbocycles. The van der Waals surface area contributed by atoms with E-state index in [-0.39, 0.29) is 5.91 Å². The van der Waals surface area contributed by atoms with E-state index in [0.29, 0.717) is 32.8 Å². The summed E-state index contributed by atoms with van der Waals surface area (Å²) in [6.45, 7) is 2.78. The number of ether oxygens (including phenoxy) is 1. The van der Waals surface area contributed by atoms with Crippen molar-refractivity contribution in [2.45, 2.75) is 13.1 Å². The minimum atomic E-state index is -0.0252. The zero-order valence-corrected chi connectivity index (χ0v) is 12.7. The van der Waals surface area contributed by atoms with Crippen LogP contribution in [-0.4, -0.2) is 47.5 Å². The maximum absolute atomic E-state index is 11.6. The smallest absolute Gasteiger partial charge is 0.234 e. The standard InChI is InChI=1S/C15H21N5O2/c1-22-7-6-16-9-15(21)18-8-13-2-4-14(5-3-13)10-20-12-17-11-19-20/h2-5,11-12,16H,6-10H2,1H3,(H,18,21). The average Bonchev–Trinajstić information content (AvgIpc) is 3.04. The molecule has 0 fully saturated rings. The van der Waals surface area contributed by atoms with Gasteiger partial charge in [0.15, 0.2) is 0 Å². The lowest BCUT2D eigenvalue weighted by Gasteiger charge is -2.07. The molecule has 0 unspecified atom stereocenters. The predicted octanol–water partition coefficient (Wildman–Crippen LogP) is 0.179. The van der Waals surface area contributed by atoms with Gasteiger partial charge in [0, 0.05) is 20.2 Å². The quantitative estimate of drug-likeness (QED) is 0.646. The minimum Gasteiger partial charge on any atom is -0.383 e. The van der Waals surface area contributed by atoms with E-state index in [1.807, 2.05) is 24.3 Å². The van der Waals surface area contributed by atoms with E-state index >= 15 is 0 Å². The summed E-state index contributed by atoms with van der Waals surface area (Å²) >= 11 is 0. The van der Waals surface area contributed by atoms with Gasteiger partial charge in [0.25, 0.3) is 0 Å². The topological polar surface area (TPSA) is 81.1 Å². The van der Waals surface area contributed by atoms with Crippen LogP contribution in [0.25, 0.3) is 0 Å². The van der Waals surface area contributed by atoms with Crippen molar-refractivity contribution < 1.29 is 9.53 Å². The fourth-order valence-corrected chi connectivity index (χ4v) is 1.90. The highest BCUT2D eigenvalue weighted by Crippen LogP contribution is 2.05. The number of aromatic nitrogens is 3. The molecule has 2 N–H and O–H groups in total. The summed E-state index contributed by atoms with van der Waals surface area (Å²) in [6, 6.07) is 8.07. The summed E-state index contributed by atoms with van der Waals surface area (Å²) in [5, 5.41) is 9.94. The average molecular weight is 303 g/mol. The summed E-state index contributed by atoms with van der Waals surface area (Å²) in [5.74, 6) is -0.0252. The largest absolute Gasteiger partial charge is 0.383 e. The fraction of sp³-hybridized carbons (Fsp3) is 0.400. The van der Waals surface area contributed by atoms with Crippen LogP contribution < -0.4 is 10.6 Å². The van der Waals surface area contributed by atoms with E-state index < -0.39 is 0 Å². The monoisotopic (exact) mass is 303 g/mol. The summed E-state index contributed by atoms with van der Waals surface area (Å²) in [7, 11) is 1.63. The molecule has 118 valence electrons. The van der Waals surface area contributed by atoms with E-state index in [2.05, 4.69) is 20.7 Å². The Hall–Kier alpha value is -2.25. The molecule has 0 bridgehead atoms. The first-order chi connectivity index (χ1) is 10.8. The van der Waals surface area contributed by atoms with Gasteiger partial charge in [0.1, 0.15) is 12.7 Å². The van der Waals surface area contributed by atoms with E-state index in [1.165, 1.54) is 6.33 Å². The second-order valence-corrected chi connectivity index (χ2v) is 4.86. The molecular formula is C15H21N5O2. The Bertz CT molecular complexity index is 554. The lowest BCUT2D eigenvalue weighted by Crippen LogP contribution is -2.34. The third-order valence-electron chi connectivity index (χ3n) is 3.09. The van der Waals surface area contributed by atoms with Crippen LogP contribution >= 0.6 is 0 Å². The molecule has 0 aliphatic heterocycles. The highest BCUT2D eigenvalue weighted by Gasteiger charge is 2.01. The van der Waals surface area contributed by atoms with Crippen LogP contribution in [0.15, 0.2) is 36.9 Å². The number of methoxy groups -OCH3 is 1. The second-order valence-electron chi connectivity index (χ2n) is 4.86. The van der Waals surface area contributed by atoms with Crippen LogP contribution in [0.5, 0.6) is 0 Å². The van der Waals surface area contributed by atoms with Crippen molar-refractivity contribution in [3.05, 3.63) is 48.0 Å². The Morgan fingerprint density at radius 3 is 2.73 bits per heavy atom. The Morgan fingerprint density at radius 1 is 1.27 bits per heavy atom. The predicted molar refractivity (Wildman–Crippen MR) is 82.2 cm³/mol. The molecule has 1 amide bonds. The molecule has 1 heterocycles. The first-order valence-electron chi connectivity index (χ1n) is 7.14. The van der Waals surface area contributed by atoms with E-state index in [1.54, 1.807) is 18.1 Å². The maximum atomic E-state index is 11.6. The third kappa shape index (κ3) is 5.63. The van der Waals surface area contributed by atoms with Gasteiger partial charge in [0.2, 0.25) is 5.91 Å². The van der Waals surface area contributed by atoms with Crippen molar-refractivity contribution in [1.82, 2.24) is 25.4 Å². The van der Waals surface area contributed by atoms with Crippen LogP contribution in [0.1, 0.15) is 11.1 Å². The van der Waals surface area contributed by atoms with E-state index in [4.69, 9.17) is 4.74 Å². The first-order valence-corrected chi connectivity index (χ1v) is 7.14. The lowest BCUT2D eigenvalue weighted by molar-refractivity contribution is -0.120. The summed E-state index contributed by atoms with van der Waals surface area (Å²) in [5.41, 5.74) is 2.20. The molecular weight excluding hydrogens is 282 g/mol. The molecule has 0 aliphatic rings. The zero-order valence-electron chi connectivity index (χ0n) is 12.7. The van der Waals surface area contributed by atoms with Gasteiger partial charge in [0.05, 0.1) is 19.7 Å². The van der Waals surface area contributed by atoms with Crippen molar-refractivity contribution in [2.24, 2.45) is 0 Å². The molecule has 0 spiro atoms. The van der Waals surface area contributed by atoms with Gasteiger partial charge in [-0.3, -0.25) is 4.79 Å². The summed E-state index contributed by atoms with van der Waals surface area (Å²) < 4.78 is 6.66. The third-order valence-corrected chi connectivity index (χ3v) is 3.09. The molecule has 7 nitrogen and oxygen atoms in total. The van der Waals surface area contributed by atoms with Gasteiger partial charge < -0.3 is 15.4 Å². The van der Waals surface area contributed by atoms with Gasteiger partial charge in [-0.1, -0.05) is 24.3 Å². The summed E-state index contributed by atoms with van der Waals surface area (Å²) in [6.07, 6.45) is 3.20. The molecule has 1 aromatic heterocycles. The van der Waals surface area contributed by atoms with E-state index in [0.717, 1.165) is 11.1 Å². The van der Waals surface area contributed by atoms with Gasteiger partial charge in [-0.15, -0.1) is 0 Å². The molecule has 22 heavy (non-hydrogen) atoms. The molecule has 0 saturated heterocycles. The van der Waals surface area contributed by atoms with Crippen LogP contribution in [0, 0.1) is 0 Å². The van der Waals surface area contributed by atoms with Gasteiger partial charge in [-0.25, -0.2) is 9.67 Å². The maximum Gasteiger partial charge on any atom is 0.234 e. The number of nitrogens with one attached hydrogen (secondary N) is 2. The van der Waals surface area contributed by atoms with E-state index in [9.17, 15) is 4.79 Å². The number of carbonyl (C=O) groups is 1. The van der Waals surface area contributed by atoms with Gasteiger partial charge in [-0.2, -0.15) is 5.10 Å². The molecule has 2 rings (SSSR count). The number of rotatable bonds is 9. The molecule has 0 atom stereocenters. The van der Waals surface area contributed by atoms with Crippen molar-refractivity contribution in [1.29, 1.82) is 0 Å². The van der Waals surface area contributed by atoms with Crippen LogP contribution in [0.2, 0.25) is 0 Å². The van der Waals surface area contributed by atoms with Gasteiger partial charge >= 0.3 is 0 Å². The molecule has 0 radical (unpaired) electrons. The highest BCUT2D eigenvalue weighted by atomic mass is 16.5. The number of hydrogen-bond donors (Lipinski definition) is 2. The SMILES string of the molecule is COCCNCC(=O)NCc1ccc(Cn2cncn2)cc1. The van der Waals surface area contributed by atoms with Crippen molar-refractivity contribution in [3.8, 4) is 0 Å². The number of hydrogen-bond acceptors (Lipinski definition) is 5. The number of amides is 1. The van der Waals surface area contributed by atoms with Crippen molar-refractivity contribution >= 4 is 5.91 Å². The lowest BCUT2D eigenvalue weighted by atomic mass is 10.1.